The van der Waals surface area contributed by atoms with Crippen molar-refractivity contribution < 1.29 is 0 Å². The summed E-state index contributed by atoms with van der Waals surface area (Å²) in [6.07, 6.45) is 1.97. The molecule has 20 heavy (non-hydrogen) atoms. The molecule has 0 atom stereocenters. The highest BCUT2D eigenvalue weighted by atomic mass is 15.1. The van der Waals surface area contributed by atoms with Crippen LogP contribution in [0.5, 0.6) is 0 Å². The largest absolute Gasteiger partial charge is 0.313 e. The quantitative estimate of drug-likeness (QED) is 0.838. The van der Waals surface area contributed by atoms with Crippen molar-refractivity contribution in [2.45, 2.75) is 26.6 Å². The van der Waals surface area contributed by atoms with E-state index in [4.69, 9.17) is 0 Å². The lowest BCUT2D eigenvalue weighted by molar-refractivity contribution is 0.315. The Balaban J connectivity index is 1.86. The highest BCUT2D eigenvalue weighted by Gasteiger charge is 2.03. The zero-order valence-electron chi connectivity index (χ0n) is 12.3. The second-order valence-electron chi connectivity index (χ2n) is 5.10. The summed E-state index contributed by atoms with van der Waals surface area (Å²) in [5.41, 5.74) is 3.68. The van der Waals surface area contributed by atoms with Gasteiger partial charge in [0.2, 0.25) is 0 Å². The van der Waals surface area contributed by atoms with Crippen molar-refractivity contribution in [1.82, 2.24) is 15.2 Å². The number of hydrogen-bond donors (Lipinski definition) is 1. The predicted molar refractivity (Wildman–Crippen MR) is 83.2 cm³/mol. The van der Waals surface area contributed by atoms with Crippen LogP contribution in [0.15, 0.2) is 48.7 Å². The summed E-state index contributed by atoms with van der Waals surface area (Å²) in [6, 6.07) is 14.8. The maximum Gasteiger partial charge on any atom is 0.0544 e. The van der Waals surface area contributed by atoms with E-state index in [-0.39, 0.29) is 0 Å². The summed E-state index contributed by atoms with van der Waals surface area (Å²) in [4.78, 5) is 6.81. The van der Waals surface area contributed by atoms with Crippen LogP contribution in [-0.2, 0) is 19.6 Å². The summed E-state index contributed by atoms with van der Waals surface area (Å²) >= 11 is 0. The SMILES string of the molecule is CCNCc1ccc(CN(C)Cc2ccccc2)nc1. The van der Waals surface area contributed by atoms with Gasteiger partial charge in [-0.3, -0.25) is 9.88 Å². The van der Waals surface area contributed by atoms with Crippen LogP contribution in [0.1, 0.15) is 23.7 Å². The first-order chi connectivity index (χ1) is 9.78. The van der Waals surface area contributed by atoms with Gasteiger partial charge in [0, 0.05) is 25.8 Å². The van der Waals surface area contributed by atoms with Gasteiger partial charge in [0.1, 0.15) is 0 Å². The van der Waals surface area contributed by atoms with Gasteiger partial charge in [-0.2, -0.15) is 0 Å². The molecule has 3 nitrogen and oxygen atoms in total. The third kappa shape index (κ3) is 4.76. The average molecular weight is 269 g/mol. The topological polar surface area (TPSA) is 28.2 Å². The molecule has 0 aliphatic carbocycles. The van der Waals surface area contributed by atoms with E-state index in [2.05, 4.69) is 65.6 Å². The minimum atomic E-state index is 0.871. The number of aromatic nitrogens is 1. The molecular formula is C17H23N3. The molecule has 0 fully saturated rings. The zero-order chi connectivity index (χ0) is 14.2. The van der Waals surface area contributed by atoms with E-state index in [1.54, 1.807) is 0 Å². The standard InChI is InChI=1S/C17H23N3/c1-3-18-11-16-9-10-17(19-12-16)14-20(2)13-15-7-5-4-6-8-15/h4-10,12,18H,3,11,13-14H2,1-2H3. The van der Waals surface area contributed by atoms with E-state index in [1.165, 1.54) is 11.1 Å². The first kappa shape index (κ1) is 14.7. The third-order valence-corrected chi connectivity index (χ3v) is 3.19. The molecule has 0 radical (unpaired) electrons. The molecule has 0 saturated heterocycles. The van der Waals surface area contributed by atoms with E-state index in [1.807, 2.05) is 12.3 Å². The summed E-state index contributed by atoms with van der Waals surface area (Å²) in [7, 11) is 2.13. The molecule has 1 aromatic heterocycles. The van der Waals surface area contributed by atoms with Gasteiger partial charge in [-0.15, -0.1) is 0 Å². The Morgan fingerprint density at radius 2 is 1.80 bits per heavy atom. The Bertz CT molecular complexity index is 493. The highest BCUT2D eigenvalue weighted by molar-refractivity contribution is 5.16. The first-order valence-corrected chi connectivity index (χ1v) is 7.15. The molecule has 0 unspecified atom stereocenters. The lowest BCUT2D eigenvalue weighted by atomic mass is 10.2. The maximum absolute atomic E-state index is 4.53. The lowest BCUT2D eigenvalue weighted by Crippen LogP contribution is -2.18. The van der Waals surface area contributed by atoms with E-state index in [0.717, 1.165) is 31.9 Å². The van der Waals surface area contributed by atoms with Crippen LogP contribution in [0.3, 0.4) is 0 Å². The number of pyridine rings is 1. The molecular weight excluding hydrogens is 246 g/mol. The summed E-state index contributed by atoms with van der Waals surface area (Å²) in [5.74, 6) is 0. The van der Waals surface area contributed by atoms with Gasteiger partial charge in [-0.1, -0.05) is 43.3 Å². The number of rotatable bonds is 7. The second kappa shape index (κ2) is 7.78. The molecule has 1 N–H and O–H groups in total. The van der Waals surface area contributed by atoms with Crippen LogP contribution in [0.4, 0.5) is 0 Å². The van der Waals surface area contributed by atoms with Gasteiger partial charge in [-0.05, 0) is 30.8 Å². The molecule has 1 aromatic carbocycles. The molecule has 0 aliphatic rings. The monoisotopic (exact) mass is 269 g/mol. The zero-order valence-corrected chi connectivity index (χ0v) is 12.3. The molecule has 0 spiro atoms. The van der Waals surface area contributed by atoms with Gasteiger partial charge in [-0.25, -0.2) is 0 Å². The molecule has 0 bridgehead atoms. The van der Waals surface area contributed by atoms with E-state index >= 15 is 0 Å². The van der Waals surface area contributed by atoms with Crippen molar-refractivity contribution in [3.63, 3.8) is 0 Å². The second-order valence-corrected chi connectivity index (χ2v) is 5.10. The van der Waals surface area contributed by atoms with Gasteiger partial charge in [0.25, 0.3) is 0 Å². The van der Waals surface area contributed by atoms with Crippen molar-refractivity contribution >= 4 is 0 Å². The Hall–Kier alpha value is -1.71. The van der Waals surface area contributed by atoms with Crippen molar-refractivity contribution in [1.29, 1.82) is 0 Å². The van der Waals surface area contributed by atoms with Gasteiger partial charge < -0.3 is 5.32 Å². The van der Waals surface area contributed by atoms with Gasteiger partial charge >= 0.3 is 0 Å². The summed E-state index contributed by atoms with van der Waals surface area (Å²) in [6.45, 7) is 5.81. The maximum atomic E-state index is 4.53. The number of nitrogens with zero attached hydrogens (tertiary/aromatic N) is 2. The van der Waals surface area contributed by atoms with Crippen LogP contribution >= 0.6 is 0 Å². The molecule has 0 saturated carbocycles. The molecule has 106 valence electrons. The summed E-state index contributed by atoms with van der Waals surface area (Å²) < 4.78 is 0. The summed E-state index contributed by atoms with van der Waals surface area (Å²) in [5, 5.41) is 3.31. The Kier molecular flexibility index (Phi) is 5.71. The lowest BCUT2D eigenvalue weighted by Gasteiger charge is -2.16. The van der Waals surface area contributed by atoms with Crippen molar-refractivity contribution in [2.75, 3.05) is 13.6 Å². The molecule has 0 amide bonds. The Labute approximate surface area is 121 Å². The van der Waals surface area contributed by atoms with E-state index in [9.17, 15) is 0 Å². The molecule has 2 rings (SSSR count). The fraction of sp³-hybridized carbons (Fsp3) is 0.353. The molecule has 1 heterocycles. The molecule has 3 heteroatoms. The van der Waals surface area contributed by atoms with Crippen LogP contribution in [0.25, 0.3) is 0 Å². The number of hydrogen-bond acceptors (Lipinski definition) is 3. The highest BCUT2D eigenvalue weighted by Crippen LogP contribution is 2.07. The Morgan fingerprint density at radius 1 is 1.00 bits per heavy atom. The average Bonchev–Trinajstić information content (AvgIpc) is 2.47. The van der Waals surface area contributed by atoms with Crippen LogP contribution < -0.4 is 5.32 Å². The fourth-order valence-corrected chi connectivity index (χ4v) is 2.15. The predicted octanol–water partition coefficient (Wildman–Crippen LogP) is 2.82. The smallest absolute Gasteiger partial charge is 0.0544 e. The van der Waals surface area contributed by atoms with Gasteiger partial charge in [0.15, 0.2) is 0 Å². The molecule has 0 aliphatic heterocycles. The minimum absolute atomic E-state index is 0.871. The van der Waals surface area contributed by atoms with E-state index in [0.29, 0.717) is 0 Å². The Morgan fingerprint density at radius 3 is 2.45 bits per heavy atom. The first-order valence-electron chi connectivity index (χ1n) is 7.15. The van der Waals surface area contributed by atoms with Gasteiger partial charge in [0.05, 0.1) is 5.69 Å². The van der Waals surface area contributed by atoms with Crippen molar-refractivity contribution in [3.05, 3.63) is 65.5 Å². The van der Waals surface area contributed by atoms with Crippen LogP contribution in [-0.4, -0.2) is 23.5 Å². The fourth-order valence-electron chi connectivity index (χ4n) is 2.15. The van der Waals surface area contributed by atoms with Crippen molar-refractivity contribution in [3.8, 4) is 0 Å². The van der Waals surface area contributed by atoms with E-state index < -0.39 is 0 Å². The third-order valence-electron chi connectivity index (χ3n) is 3.19. The minimum Gasteiger partial charge on any atom is -0.313 e. The number of benzene rings is 1. The normalized spacial score (nSPS) is 10.9. The molecule has 2 aromatic rings. The number of nitrogens with one attached hydrogen (secondary N) is 1. The van der Waals surface area contributed by atoms with Crippen LogP contribution in [0, 0.1) is 0 Å². The van der Waals surface area contributed by atoms with Crippen molar-refractivity contribution in [2.24, 2.45) is 0 Å². The van der Waals surface area contributed by atoms with Crippen LogP contribution in [0.2, 0.25) is 0 Å².